The van der Waals surface area contributed by atoms with Crippen molar-refractivity contribution in [1.82, 2.24) is 15.1 Å². The lowest BCUT2D eigenvalue weighted by Crippen LogP contribution is -2.43. The fraction of sp³-hybridized carbons (Fsp3) is 0.250. The molecule has 0 spiro atoms. The molecule has 1 unspecified atom stereocenters. The molecule has 6 nitrogen and oxygen atoms in total. The van der Waals surface area contributed by atoms with E-state index in [1.165, 1.54) is 37.1 Å². The molecule has 1 heterocycles. The van der Waals surface area contributed by atoms with E-state index in [4.69, 9.17) is 11.6 Å². The van der Waals surface area contributed by atoms with Crippen LogP contribution in [-0.4, -0.2) is 41.2 Å². The molecule has 2 aromatic rings. The summed E-state index contributed by atoms with van der Waals surface area (Å²) in [6.07, 6.45) is 0. The quantitative estimate of drug-likeness (QED) is 0.754. The van der Waals surface area contributed by atoms with E-state index in [9.17, 15) is 23.2 Å². The Balaban J connectivity index is 1.76. The molecule has 2 aromatic carbocycles. The van der Waals surface area contributed by atoms with Crippen LogP contribution in [0.15, 0.2) is 42.5 Å². The molecule has 0 aromatic heterocycles. The Kier molecular flexibility index (Phi) is 5.57. The molecule has 0 radical (unpaired) electrons. The number of imide groups is 1. The van der Waals surface area contributed by atoms with Gasteiger partial charge in [-0.2, -0.15) is 0 Å². The van der Waals surface area contributed by atoms with Gasteiger partial charge in [-0.1, -0.05) is 35.9 Å². The van der Waals surface area contributed by atoms with E-state index < -0.39 is 41.6 Å². The molecular weight excluding hydrogens is 404 g/mol. The highest BCUT2D eigenvalue weighted by molar-refractivity contribution is 6.32. The van der Waals surface area contributed by atoms with Gasteiger partial charge in [0.1, 0.15) is 23.7 Å². The number of hydrogen-bond donors (Lipinski definition) is 1. The molecule has 29 heavy (non-hydrogen) atoms. The highest BCUT2D eigenvalue weighted by Gasteiger charge is 2.50. The standard InChI is InChI=1S/C20H18ClF2N3O3/c1-20(14-8-7-13(22)9-15(14)21)18(28)26(19(29)24-20)11-17(27)25(2)10-12-5-3-4-6-16(12)23/h3-9H,10-11H2,1-2H3,(H,24,29). The second-order valence-electron chi connectivity index (χ2n) is 6.91. The van der Waals surface area contributed by atoms with E-state index in [2.05, 4.69) is 5.32 Å². The van der Waals surface area contributed by atoms with Gasteiger partial charge in [0.2, 0.25) is 5.91 Å². The van der Waals surface area contributed by atoms with Gasteiger partial charge < -0.3 is 10.2 Å². The van der Waals surface area contributed by atoms with E-state index >= 15 is 0 Å². The normalized spacial score (nSPS) is 18.7. The van der Waals surface area contributed by atoms with Gasteiger partial charge in [0.25, 0.3) is 5.91 Å². The summed E-state index contributed by atoms with van der Waals surface area (Å²) in [5.41, 5.74) is -1.01. The van der Waals surface area contributed by atoms with E-state index in [-0.39, 0.29) is 17.1 Å². The van der Waals surface area contributed by atoms with Crippen LogP contribution in [0, 0.1) is 11.6 Å². The number of nitrogens with one attached hydrogen (secondary N) is 1. The summed E-state index contributed by atoms with van der Waals surface area (Å²) in [5.74, 6) is -2.28. The molecule has 0 bridgehead atoms. The van der Waals surface area contributed by atoms with Crippen molar-refractivity contribution in [3.63, 3.8) is 0 Å². The number of benzene rings is 2. The van der Waals surface area contributed by atoms with Crippen molar-refractivity contribution in [3.8, 4) is 0 Å². The lowest BCUT2D eigenvalue weighted by atomic mass is 9.92. The topological polar surface area (TPSA) is 69.7 Å². The highest BCUT2D eigenvalue weighted by Crippen LogP contribution is 2.34. The van der Waals surface area contributed by atoms with Crippen molar-refractivity contribution in [3.05, 3.63) is 70.2 Å². The SMILES string of the molecule is CN(Cc1ccccc1F)C(=O)CN1C(=O)NC(C)(c2ccc(F)cc2Cl)C1=O. The number of likely N-dealkylation sites (N-methyl/N-ethyl adjacent to an activating group) is 1. The van der Waals surface area contributed by atoms with Gasteiger partial charge in [-0.15, -0.1) is 0 Å². The molecule has 152 valence electrons. The lowest BCUT2D eigenvalue weighted by molar-refractivity contribution is -0.138. The Morgan fingerprint density at radius 2 is 1.90 bits per heavy atom. The molecule has 0 saturated carbocycles. The Bertz CT molecular complexity index is 1000. The summed E-state index contributed by atoms with van der Waals surface area (Å²) in [5, 5.41) is 2.49. The van der Waals surface area contributed by atoms with Crippen molar-refractivity contribution in [2.75, 3.05) is 13.6 Å². The number of carbonyl (C=O) groups is 3. The second kappa shape index (κ2) is 7.79. The zero-order chi connectivity index (χ0) is 21.3. The molecule has 1 fully saturated rings. The average molecular weight is 422 g/mol. The van der Waals surface area contributed by atoms with Crippen molar-refractivity contribution < 1.29 is 23.2 Å². The van der Waals surface area contributed by atoms with Crippen LogP contribution in [0.2, 0.25) is 5.02 Å². The Hall–Kier alpha value is -3.00. The van der Waals surface area contributed by atoms with Crippen LogP contribution in [0.4, 0.5) is 13.6 Å². The fourth-order valence-electron chi connectivity index (χ4n) is 3.14. The molecule has 9 heteroatoms. The van der Waals surface area contributed by atoms with Crippen LogP contribution < -0.4 is 5.32 Å². The summed E-state index contributed by atoms with van der Waals surface area (Å²) < 4.78 is 27.1. The van der Waals surface area contributed by atoms with E-state index in [0.717, 1.165) is 17.0 Å². The summed E-state index contributed by atoms with van der Waals surface area (Å²) in [6, 6.07) is 8.71. The van der Waals surface area contributed by atoms with Crippen LogP contribution in [-0.2, 0) is 21.7 Å². The van der Waals surface area contributed by atoms with E-state index in [0.29, 0.717) is 5.56 Å². The molecule has 1 aliphatic rings. The van der Waals surface area contributed by atoms with Gasteiger partial charge in [-0.05, 0) is 25.1 Å². The number of carbonyl (C=O) groups excluding carboxylic acids is 3. The van der Waals surface area contributed by atoms with Crippen molar-refractivity contribution in [2.45, 2.75) is 19.0 Å². The Labute approximate surface area is 171 Å². The Morgan fingerprint density at radius 3 is 2.55 bits per heavy atom. The van der Waals surface area contributed by atoms with Crippen molar-refractivity contribution in [2.24, 2.45) is 0 Å². The number of rotatable bonds is 5. The van der Waals surface area contributed by atoms with Gasteiger partial charge in [0.05, 0.1) is 0 Å². The average Bonchev–Trinajstić information content (AvgIpc) is 2.87. The third-order valence-corrected chi connectivity index (χ3v) is 5.14. The predicted octanol–water partition coefficient (Wildman–Crippen LogP) is 3.04. The third-order valence-electron chi connectivity index (χ3n) is 4.83. The van der Waals surface area contributed by atoms with Crippen LogP contribution in [0.5, 0.6) is 0 Å². The minimum absolute atomic E-state index is 0.0176. The summed E-state index contributed by atoms with van der Waals surface area (Å²) in [7, 11) is 1.45. The summed E-state index contributed by atoms with van der Waals surface area (Å²) >= 11 is 6.05. The number of nitrogens with zero attached hydrogens (tertiary/aromatic N) is 2. The number of urea groups is 1. The molecular formula is C20H18ClF2N3O3. The van der Waals surface area contributed by atoms with Crippen LogP contribution in [0.25, 0.3) is 0 Å². The van der Waals surface area contributed by atoms with Gasteiger partial charge in [-0.25, -0.2) is 13.6 Å². The van der Waals surface area contributed by atoms with Crippen molar-refractivity contribution in [1.29, 1.82) is 0 Å². The molecule has 1 atom stereocenters. The summed E-state index contributed by atoms with van der Waals surface area (Å²) in [6.45, 7) is 0.889. The monoisotopic (exact) mass is 421 g/mol. The molecule has 1 saturated heterocycles. The largest absolute Gasteiger partial charge is 0.340 e. The number of hydrogen-bond acceptors (Lipinski definition) is 3. The zero-order valence-electron chi connectivity index (χ0n) is 15.7. The molecule has 1 aliphatic heterocycles. The minimum Gasteiger partial charge on any atom is -0.340 e. The smallest absolute Gasteiger partial charge is 0.325 e. The number of amides is 4. The van der Waals surface area contributed by atoms with Gasteiger partial charge >= 0.3 is 6.03 Å². The molecule has 4 amide bonds. The first-order chi connectivity index (χ1) is 13.6. The first kappa shape index (κ1) is 20.7. The first-order valence-electron chi connectivity index (χ1n) is 8.70. The van der Waals surface area contributed by atoms with E-state index in [1.807, 2.05) is 0 Å². The summed E-state index contributed by atoms with van der Waals surface area (Å²) in [4.78, 5) is 39.8. The molecule has 1 N–H and O–H groups in total. The third kappa shape index (κ3) is 3.93. The van der Waals surface area contributed by atoms with Crippen LogP contribution in [0.1, 0.15) is 18.1 Å². The number of halogens is 3. The Morgan fingerprint density at radius 1 is 1.21 bits per heavy atom. The first-order valence-corrected chi connectivity index (χ1v) is 9.08. The van der Waals surface area contributed by atoms with E-state index in [1.54, 1.807) is 12.1 Å². The van der Waals surface area contributed by atoms with Gasteiger partial charge in [-0.3, -0.25) is 14.5 Å². The molecule has 0 aliphatic carbocycles. The van der Waals surface area contributed by atoms with Gasteiger partial charge in [0, 0.05) is 29.7 Å². The maximum atomic E-state index is 13.8. The molecule has 3 rings (SSSR count). The maximum Gasteiger partial charge on any atom is 0.325 e. The maximum absolute atomic E-state index is 13.8. The fourth-order valence-corrected chi connectivity index (χ4v) is 3.50. The van der Waals surface area contributed by atoms with Crippen LogP contribution >= 0.6 is 11.6 Å². The van der Waals surface area contributed by atoms with Gasteiger partial charge in [0.15, 0.2) is 0 Å². The predicted molar refractivity (Wildman–Crippen MR) is 102 cm³/mol. The second-order valence-corrected chi connectivity index (χ2v) is 7.32. The van der Waals surface area contributed by atoms with Crippen molar-refractivity contribution >= 4 is 29.4 Å². The minimum atomic E-state index is -1.54. The van der Waals surface area contributed by atoms with Crippen LogP contribution in [0.3, 0.4) is 0 Å². The zero-order valence-corrected chi connectivity index (χ0v) is 16.5. The lowest BCUT2D eigenvalue weighted by Gasteiger charge is -2.24. The highest BCUT2D eigenvalue weighted by atomic mass is 35.5.